The number of hydrogen-bond donors (Lipinski definition) is 1. The minimum Gasteiger partial charge on any atom is -0.450 e. The van der Waals surface area contributed by atoms with E-state index >= 15 is 0 Å². The summed E-state index contributed by atoms with van der Waals surface area (Å²) < 4.78 is 10.6. The number of rotatable bonds is 3. The smallest absolute Gasteiger partial charge is 0.409 e. The molecule has 0 aliphatic carbocycles. The van der Waals surface area contributed by atoms with E-state index in [0.29, 0.717) is 19.7 Å². The van der Waals surface area contributed by atoms with Gasteiger partial charge < -0.3 is 24.6 Å². The number of nitrogens with zero attached hydrogens (tertiary/aromatic N) is 2. The molecule has 0 spiro atoms. The van der Waals surface area contributed by atoms with E-state index in [-0.39, 0.29) is 12.2 Å². The van der Waals surface area contributed by atoms with Gasteiger partial charge in [0.1, 0.15) is 0 Å². The lowest BCUT2D eigenvalue weighted by atomic mass is 10.2. The Bertz CT molecular complexity index is 340. The number of ether oxygens (including phenoxy) is 2. The summed E-state index contributed by atoms with van der Waals surface area (Å²) in [6, 6.07) is 0. The van der Waals surface area contributed by atoms with Crippen LogP contribution < -0.4 is 5.32 Å². The third kappa shape index (κ3) is 4.21. The van der Waals surface area contributed by atoms with Gasteiger partial charge in [0.05, 0.1) is 12.7 Å². The fourth-order valence-corrected chi connectivity index (χ4v) is 2.69. The average Bonchev–Trinajstić information content (AvgIpc) is 2.98. The molecule has 1 unspecified atom stereocenters. The van der Waals surface area contributed by atoms with Crippen molar-refractivity contribution in [2.45, 2.75) is 25.9 Å². The van der Waals surface area contributed by atoms with Gasteiger partial charge in [0.15, 0.2) is 5.11 Å². The molecule has 0 aromatic carbocycles. The van der Waals surface area contributed by atoms with E-state index in [9.17, 15) is 4.79 Å². The van der Waals surface area contributed by atoms with Crippen LogP contribution >= 0.6 is 12.2 Å². The van der Waals surface area contributed by atoms with Gasteiger partial charge in [-0.25, -0.2) is 4.79 Å². The number of thiocarbonyl (C=S) groups is 1. The molecule has 2 saturated heterocycles. The molecule has 2 aliphatic heterocycles. The van der Waals surface area contributed by atoms with Gasteiger partial charge in [0.2, 0.25) is 0 Å². The molecule has 2 heterocycles. The number of nitrogens with one attached hydrogen (secondary N) is 1. The Morgan fingerprint density at radius 1 is 1.35 bits per heavy atom. The maximum atomic E-state index is 11.6. The number of amides is 1. The summed E-state index contributed by atoms with van der Waals surface area (Å²) in [5, 5.41) is 4.01. The van der Waals surface area contributed by atoms with E-state index in [1.807, 2.05) is 6.92 Å². The molecule has 0 saturated carbocycles. The first kappa shape index (κ1) is 15.3. The number of carbonyl (C=O) groups excluding carboxylic acids is 1. The van der Waals surface area contributed by atoms with Gasteiger partial charge in [-0.3, -0.25) is 0 Å². The van der Waals surface area contributed by atoms with Crippen LogP contribution in [-0.4, -0.2) is 73.0 Å². The number of carbonyl (C=O) groups is 1. The molecule has 6 nitrogen and oxygen atoms in total. The summed E-state index contributed by atoms with van der Waals surface area (Å²) in [6.07, 6.45) is 2.29. The molecule has 0 bridgehead atoms. The van der Waals surface area contributed by atoms with Crippen molar-refractivity contribution in [2.75, 3.05) is 45.9 Å². The van der Waals surface area contributed by atoms with Gasteiger partial charge in [-0.2, -0.15) is 0 Å². The molecule has 2 aliphatic rings. The molecule has 0 aromatic heterocycles. The highest BCUT2D eigenvalue weighted by molar-refractivity contribution is 7.80. The molecule has 1 amide bonds. The Morgan fingerprint density at radius 2 is 2.05 bits per heavy atom. The van der Waals surface area contributed by atoms with Crippen LogP contribution in [0.4, 0.5) is 4.79 Å². The lowest BCUT2D eigenvalue weighted by Gasteiger charge is -2.35. The molecule has 2 fully saturated rings. The first-order valence-electron chi connectivity index (χ1n) is 7.26. The minimum absolute atomic E-state index is 0.231. The molecule has 2 rings (SSSR count). The van der Waals surface area contributed by atoms with Gasteiger partial charge in [0.25, 0.3) is 0 Å². The van der Waals surface area contributed by atoms with Crippen LogP contribution in [0.2, 0.25) is 0 Å². The van der Waals surface area contributed by atoms with Crippen molar-refractivity contribution in [1.29, 1.82) is 0 Å². The topological polar surface area (TPSA) is 54.0 Å². The Labute approximate surface area is 125 Å². The standard InChI is InChI=1S/C13H23N3O3S/c1-2-18-13(17)16-7-5-15(6-8-16)12(20)14-10-11-4-3-9-19-11/h11H,2-10H2,1H3,(H,14,20). The minimum atomic E-state index is -0.231. The number of hydrogen-bond acceptors (Lipinski definition) is 4. The lowest BCUT2D eigenvalue weighted by Crippen LogP contribution is -2.53. The SMILES string of the molecule is CCOC(=O)N1CCN(C(=S)NCC2CCCO2)CC1. The van der Waals surface area contributed by atoms with E-state index in [0.717, 1.165) is 44.2 Å². The van der Waals surface area contributed by atoms with E-state index < -0.39 is 0 Å². The Morgan fingerprint density at radius 3 is 2.65 bits per heavy atom. The van der Waals surface area contributed by atoms with Crippen LogP contribution in [0.3, 0.4) is 0 Å². The maximum absolute atomic E-state index is 11.6. The van der Waals surface area contributed by atoms with E-state index in [1.165, 1.54) is 0 Å². The Hall–Kier alpha value is -1.08. The normalized spacial score (nSPS) is 22.8. The van der Waals surface area contributed by atoms with Gasteiger partial charge in [-0.05, 0) is 32.0 Å². The van der Waals surface area contributed by atoms with Crippen molar-refractivity contribution in [1.82, 2.24) is 15.1 Å². The predicted molar refractivity (Wildman–Crippen MR) is 79.7 cm³/mol. The molecular weight excluding hydrogens is 278 g/mol. The molecule has 1 atom stereocenters. The number of piperazine rings is 1. The molecule has 1 N–H and O–H groups in total. The summed E-state index contributed by atoms with van der Waals surface area (Å²) in [4.78, 5) is 15.4. The predicted octanol–water partition coefficient (Wildman–Crippen LogP) is 0.814. The van der Waals surface area contributed by atoms with Crippen molar-refractivity contribution in [3.8, 4) is 0 Å². The summed E-state index contributed by atoms with van der Waals surface area (Å²) in [6.45, 7) is 6.67. The highest BCUT2D eigenvalue weighted by Gasteiger charge is 2.23. The Kier molecular flexibility index (Phi) is 5.85. The van der Waals surface area contributed by atoms with Crippen LogP contribution in [0.15, 0.2) is 0 Å². The molecule has 7 heteroatoms. The molecular formula is C13H23N3O3S. The third-order valence-corrected chi connectivity index (χ3v) is 4.00. The van der Waals surface area contributed by atoms with Gasteiger partial charge in [0, 0.05) is 39.3 Å². The first-order chi connectivity index (χ1) is 9.70. The quantitative estimate of drug-likeness (QED) is 0.779. The molecule has 20 heavy (non-hydrogen) atoms. The Balaban J connectivity index is 1.67. The summed E-state index contributed by atoms with van der Waals surface area (Å²) >= 11 is 5.39. The van der Waals surface area contributed by atoms with E-state index in [2.05, 4.69) is 10.2 Å². The highest BCUT2D eigenvalue weighted by atomic mass is 32.1. The average molecular weight is 301 g/mol. The van der Waals surface area contributed by atoms with Crippen molar-refractivity contribution in [2.24, 2.45) is 0 Å². The zero-order valence-corrected chi connectivity index (χ0v) is 12.8. The lowest BCUT2D eigenvalue weighted by molar-refractivity contribution is 0.0912. The fraction of sp³-hybridized carbons (Fsp3) is 0.846. The largest absolute Gasteiger partial charge is 0.450 e. The van der Waals surface area contributed by atoms with E-state index in [4.69, 9.17) is 21.7 Å². The molecule has 0 radical (unpaired) electrons. The van der Waals surface area contributed by atoms with Crippen LogP contribution in [0, 0.1) is 0 Å². The van der Waals surface area contributed by atoms with Crippen LogP contribution in [0.25, 0.3) is 0 Å². The van der Waals surface area contributed by atoms with Crippen LogP contribution in [0.1, 0.15) is 19.8 Å². The van der Waals surface area contributed by atoms with Gasteiger partial charge >= 0.3 is 6.09 Å². The zero-order chi connectivity index (χ0) is 14.4. The van der Waals surface area contributed by atoms with Crippen molar-refractivity contribution < 1.29 is 14.3 Å². The van der Waals surface area contributed by atoms with E-state index in [1.54, 1.807) is 4.90 Å². The van der Waals surface area contributed by atoms with Crippen LogP contribution in [0.5, 0.6) is 0 Å². The zero-order valence-electron chi connectivity index (χ0n) is 12.0. The summed E-state index contributed by atoms with van der Waals surface area (Å²) in [5.74, 6) is 0. The molecule has 114 valence electrons. The third-order valence-electron chi connectivity index (χ3n) is 3.60. The summed E-state index contributed by atoms with van der Waals surface area (Å²) in [7, 11) is 0. The fourth-order valence-electron chi connectivity index (χ4n) is 2.43. The second-order valence-corrected chi connectivity index (χ2v) is 5.38. The van der Waals surface area contributed by atoms with Crippen LogP contribution in [-0.2, 0) is 9.47 Å². The summed E-state index contributed by atoms with van der Waals surface area (Å²) in [5.41, 5.74) is 0. The van der Waals surface area contributed by atoms with Crippen molar-refractivity contribution in [3.05, 3.63) is 0 Å². The van der Waals surface area contributed by atoms with Gasteiger partial charge in [-0.15, -0.1) is 0 Å². The van der Waals surface area contributed by atoms with Gasteiger partial charge in [-0.1, -0.05) is 0 Å². The molecule has 0 aromatic rings. The second-order valence-electron chi connectivity index (χ2n) is 4.99. The monoisotopic (exact) mass is 301 g/mol. The maximum Gasteiger partial charge on any atom is 0.409 e. The first-order valence-corrected chi connectivity index (χ1v) is 7.67. The highest BCUT2D eigenvalue weighted by Crippen LogP contribution is 2.11. The van der Waals surface area contributed by atoms with Crippen molar-refractivity contribution in [3.63, 3.8) is 0 Å². The second kappa shape index (κ2) is 7.64. The van der Waals surface area contributed by atoms with Crippen molar-refractivity contribution >= 4 is 23.4 Å².